The quantitative estimate of drug-likeness (QED) is 0.619. The Labute approximate surface area is 132 Å². The van der Waals surface area contributed by atoms with Crippen LogP contribution in [0.1, 0.15) is 28.8 Å². The number of benzene rings is 1. The van der Waals surface area contributed by atoms with Gasteiger partial charge in [0, 0.05) is 22.1 Å². The Bertz CT molecular complexity index is 715. The zero-order valence-corrected chi connectivity index (χ0v) is 12.2. The maximum atomic E-state index is 14.0. The Hall–Kier alpha value is -2.23. The summed E-state index contributed by atoms with van der Waals surface area (Å²) in [5.74, 6) is -3.90. The highest BCUT2D eigenvalue weighted by atomic mass is 32.2. The molecule has 0 spiro atoms. The van der Waals surface area contributed by atoms with E-state index in [9.17, 15) is 27.2 Å². The molecule has 0 radical (unpaired) electrons. The molecule has 0 N–H and O–H groups in total. The molecule has 2 aliphatic heterocycles. The SMILES string of the molecule is O=C1CCC(N2Cc3c(ccc(OF)c3F)C2=O)C(=O)N1SF. The number of carbonyl (C=O) groups is 3. The molecular formula is C13H9F3N2O4S. The third kappa shape index (κ3) is 2.33. The van der Waals surface area contributed by atoms with Gasteiger partial charge in [0.25, 0.3) is 11.8 Å². The fraction of sp³-hybridized carbons (Fsp3) is 0.308. The van der Waals surface area contributed by atoms with Crippen LogP contribution in [0.2, 0.25) is 0 Å². The van der Waals surface area contributed by atoms with Gasteiger partial charge in [0.15, 0.2) is 18.2 Å². The largest absolute Gasteiger partial charge is 0.322 e. The van der Waals surface area contributed by atoms with E-state index in [0.717, 1.165) is 11.0 Å². The topological polar surface area (TPSA) is 66.9 Å². The Morgan fingerprint density at radius 2 is 2.00 bits per heavy atom. The van der Waals surface area contributed by atoms with Crippen LogP contribution in [0.25, 0.3) is 0 Å². The van der Waals surface area contributed by atoms with Gasteiger partial charge in [0.05, 0.1) is 6.54 Å². The number of halogens is 3. The van der Waals surface area contributed by atoms with Gasteiger partial charge in [-0.05, 0) is 18.6 Å². The highest BCUT2D eigenvalue weighted by Gasteiger charge is 2.44. The van der Waals surface area contributed by atoms with E-state index in [1.54, 1.807) is 0 Å². The minimum Gasteiger partial charge on any atom is -0.322 e. The molecule has 1 atom stereocenters. The highest BCUT2D eigenvalue weighted by molar-refractivity contribution is 7.93. The summed E-state index contributed by atoms with van der Waals surface area (Å²) in [5, 5.41) is 0. The van der Waals surface area contributed by atoms with Crippen LogP contribution in [0.15, 0.2) is 12.1 Å². The third-order valence-electron chi connectivity index (χ3n) is 3.90. The predicted molar refractivity (Wildman–Crippen MR) is 71.6 cm³/mol. The maximum absolute atomic E-state index is 14.0. The molecule has 1 saturated heterocycles. The normalized spacial score (nSPS) is 21.0. The average molecular weight is 346 g/mol. The van der Waals surface area contributed by atoms with E-state index < -0.39 is 47.7 Å². The van der Waals surface area contributed by atoms with E-state index in [4.69, 9.17) is 0 Å². The number of imide groups is 1. The molecule has 3 amide bonds. The molecule has 23 heavy (non-hydrogen) atoms. The lowest BCUT2D eigenvalue weighted by Gasteiger charge is -2.32. The summed E-state index contributed by atoms with van der Waals surface area (Å²) in [6, 6.07) is 1.08. The van der Waals surface area contributed by atoms with Crippen molar-refractivity contribution in [3.05, 3.63) is 29.1 Å². The van der Waals surface area contributed by atoms with Crippen LogP contribution in [0.4, 0.5) is 12.8 Å². The van der Waals surface area contributed by atoms with Gasteiger partial charge in [-0.2, -0.15) is 4.31 Å². The second-order valence-electron chi connectivity index (χ2n) is 5.06. The van der Waals surface area contributed by atoms with Gasteiger partial charge in [-0.1, -0.05) is 0 Å². The van der Waals surface area contributed by atoms with Gasteiger partial charge in [-0.3, -0.25) is 19.3 Å². The van der Waals surface area contributed by atoms with Crippen molar-refractivity contribution < 1.29 is 32.1 Å². The van der Waals surface area contributed by atoms with E-state index in [1.165, 1.54) is 6.07 Å². The summed E-state index contributed by atoms with van der Waals surface area (Å²) < 4.78 is 39.3. The third-order valence-corrected chi connectivity index (χ3v) is 4.42. The van der Waals surface area contributed by atoms with Gasteiger partial charge in [-0.25, -0.2) is 4.39 Å². The Balaban J connectivity index is 1.92. The molecular weight excluding hydrogens is 337 g/mol. The fourth-order valence-electron chi connectivity index (χ4n) is 2.77. The minimum absolute atomic E-state index is 0.0164. The van der Waals surface area contributed by atoms with Crippen molar-refractivity contribution in [3.63, 3.8) is 0 Å². The number of hydrogen-bond donors (Lipinski definition) is 0. The van der Waals surface area contributed by atoms with Gasteiger partial charge in [0.1, 0.15) is 6.04 Å². The number of piperidine rings is 1. The van der Waals surface area contributed by atoms with Crippen molar-refractivity contribution in [2.24, 2.45) is 0 Å². The van der Waals surface area contributed by atoms with Crippen LogP contribution in [-0.2, 0) is 16.1 Å². The number of nitrogens with zero attached hydrogens (tertiary/aromatic N) is 2. The molecule has 0 bridgehead atoms. The van der Waals surface area contributed by atoms with Crippen LogP contribution in [-0.4, -0.2) is 33.0 Å². The second-order valence-corrected chi connectivity index (χ2v) is 5.57. The molecule has 6 nitrogen and oxygen atoms in total. The van der Waals surface area contributed by atoms with E-state index in [-0.39, 0.29) is 30.5 Å². The first kappa shape index (κ1) is 15.7. The van der Waals surface area contributed by atoms with Crippen molar-refractivity contribution in [1.29, 1.82) is 0 Å². The average Bonchev–Trinajstić information content (AvgIpc) is 2.86. The zero-order valence-electron chi connectivity index (χ0n) is 11.4. The van der Waals surface area contributed by atoms with Gasteiger partial charge >= 0.3 is 0 Å². The monoisotopic (exact) mass is 346 g/mol. The Morgan fingerprint density at radius 1 is 1.26 bits per heavy atom. The summed E-state index contributed by atoms with van der Waals surface area (Å²) in [6.07, 6.45) is -0.0999. The van der Waals surface area contributed by atoms with Crippen LogP contribution >= 0.6 is 12.3 Å². The van der Waals surface area contributed by atoms with Gasteiger partial charge < -0.3 is 4.90 Å². The van der Waals surface area contributed by atoms with Crippen molar-refractivity contribution in [2.75, 3.05) is 0 Å². The standard InChI is InChI=1S/C13H9F3N2O4S/c14-11-7-5-17(12(20)6(7)1-3-9(11)22-15)8-2-4-10(19)18(23-16)13(8)21/h1,3,8H,2,4-5H2. The van der Waals surface area contributed by atoms with Crippen molar-refractivity contribution in [3.8, 4) is 5.75 Å². The summed E-state index contributed by atoms with van der Waals surface area (Å²) >= 11 is -0.529. The Morgan fingerprint density at radius 3 is 2.65 bits per heavy atom. The van der Waals surface area contributed by atoms with Crippen molar-refractivity contribution >= 4 is 30.1 Å². The fourth-order valence-corrected chi connectivity index (χ4v) is 3.13. The smallest absolute Gasteiger partial charge is 0.264 e. The van der Waals surface area contributed by atoms with Crippen LogP contribution < -0.4 is 4.94 Å². The summed E-state index contributed by atoms with van der Waals surface area (Å²) in [4.78, 5) is 40.4. The lowest BCUT2D eigenvalue weighted by atomic mass is 10.0. The number of rotatable bonds is 3. The highest BCUT2D eigenvalue weighted by Crippen LogP contribution is 2.35. The molecule has 10 heteroatoms. The van der Waals surface area contributed by atoms with Crippen LogP contribution in [0.3, 0.4) is 0 Å². The van der Waals surface area contributed by atoms with E-state index in [2.05, 4.69) is 4.94 Å². The van der Waals surface area contributed by atoms with Crippen LogP contribution in [0, 0.1) is 5.82 Å². The molecule has 0 saturated carbocycles. The summed E-state index contributed by atoms with van der Waals surface area (Å²) in [7, 11) is 0. The molecule has 0 aliphatic carbocycles. The molecule has 1 aromatic rings. The number of carbonyl (C=O) groups excluding carboxylic acids is 3. The second kappa shape index (κ2) is 5.76. The van der Waals surface area contributed by atoms with Gasteiger partial charge in [-0.15, -0.1) is 3.89 Å². The minimum atomic E-state index is -1.08. The van der Waals surface area contributed by atoms with E-state index in [1.807, 2.05) is 0 Å². The first-order valence-corrected chi connectivity index (χ1v) is 7.23. The number of hydrogen-bond acceptors (Lipinski definition) is 5. The predicted octanol–water partition coefficient (Wildman–Crippen LogP) is 2.10. The van der Waals surface area contributed by atoms with Crippen LogP contribution in [0.5, 0.6) is 5.75 Å². The van der Waals surface area contributed by atoms with Crippen molar-refractivity contribution in [2.45, 2.75) is 25.4 Å². The van der Waals surface area contributed by atoms with E-state index >= 15 is 0 Å². The maximum Gasteiger partial charge on any atom is 0.264 e. The molecule has 1 aromatic carbocycles. The molecule has 1 fully saturated rings. The summed E-state index contributed by atoms with van der Waals surface area (Å²) in [6.45, 7) is -0.285. The first-order chi connectivity index (χ1) is 11.0. The lowest BCUT2D eigenvalue weighted by molar-refractivity contribution is -0.145. The molecule has 122 valence electrons. The zero-order chi connectivity index (χ0) is 16.7. The molecule has 2 aliphatic rings. The van der Waals surface area contributed by atoms with E-state index in [0.29, 0.717) is 4.31 Å². The summed E-state index contributed by atoms with van der Waals surface area (Å²) in [5.41, 5.74) is -0.123. The molecule has 2 heterocycles. The lowest BCUT2D eigenvalue weighted by Crippen LogP contribution is -2.51. The first-order valence-electron chi connectivity index (χ1n) is 6.56. The van der Waals surface area contributed by atoms with Gasteiger partial charge in [0.2, 0.25) is 11.7 Å². The molecule has 3 rings (SSSR count). The van der Waals surface area contributed by atoms with Crippen molar-refractivity contribution in [1.82, 2.24) is 9.21 Å². The molecule has 1 unspecified atom stereocenters. The number of fused-ring (bicyclic) bond motifs is 1. The number of amides is 3. The Kier molecular flexibility index (Phi) is 3.92. The molecule has 0 aromatic heterocycles.